The number of rotatable bonds is 3. The topological polar surface area (TPSA) is 29.5 Å². The maximum atomic E-state index is 11.8. The molecule has 0 N–H and O–H groups in total. The van der Waals surface area contributed by atoms with Gasteiger partial charge in [0, 0.05) is 19.5 Å². The van der Waals surface area contributed by atoms with Crippen molar-refractivity contribution in [2.45, 2.75) is 45.1 Å². The van der Waals surface area contributed by atoms with Crippen molar-refractivity contribution >= 4 is 5.91 Å². The predicted octanol–water partition coefficient (Wildman–Crippen LogP) is 3.03. The van der Waals surface area contributed by atoms with E-state index >= 15 is 0 Å². The Labute approximate surface area is 115 Å². The first-order chi connectivity index (χ1) is 9.20. The summed E-state index contributed by atoms with van der Waals surface area (Å²) in [6.45, 7) is 2.60. The Kier molecular flexibility index (Phi) is 4.83. The van der Waals surface area contributed by atoms with E-state index in [0.717, 1.165) is 31.6 Å². The Morgan fingerprint density at radius 2 is 2.00 bits per heavy atom. The number of amides is 1. The van der Waals surface area contributed by atoms with E-state index < -0.39 is 0 Å². The highest BCUT2D eigenvalue weighted by Crippen LogP contribution is 2.21. The molecule has 1 aromatic rings. The molecule has 19 heavy (non-hydrogen) atoms. The summed E-state index contributed by atoms with van der Waals surface area (Å²) in [4.78, 5) is 13.8. The third kappa shape index (κ3) is 3.72. The number of hydrogen-bond acceptors (Lipinski definition) is 2. The van der Waals surface area contributed by atoms with Crippen molar-refractivity contribution in [1.29, 1.82) is 0 Å². The maximum absolute atomic E-state index is 11.8. The van der Waals surface area contributed by atoms with Gasteiger partial charge in [0.1, 0.15) is 5.75 Å². The molecular formula is C16H23NO2. The van der Waals surface area contributed by atoms with Crippen LogP contribution in [0.25, 0.3) is 0 Å². The number of likely N-dealkylation sites (tertiary alicyclic amines) is 1. The quantitative estimate of drug-likeness (QED) is 0.837. The number of methoxy groups -OCH3 is 1. The van der Waals surface area contributed by atoms with E-state index in [4.69, 9.17) is 4.74 Å². The fourth-order valence-electron chi connectivity index (χ4n) is 2.84. The third-order valence-corrected chi connectivity index (χ3v) is 3.91. The lowest BCUT2D eigenvalue weighted by atomic mass is 10.0. The largest absolute Gasteiger partial charge is 0.497 e. The number of hydrogen-bond donors (Lipinski definition) is 0. The van der Waals surface area contributed by atoms with Crippen LogP contribution < -0.4 is 4.74 Å². The van der Waals surface area contributed by atoms with Gasteiger partial charge in [-0.1, -0.05) is 25.0 Å². The molecule has 1 fully saturated rings. The Bertz CT molecular complexity index is 413. The lowest BCUT2D eigenvalue weighted by molar-refractivity contribution is -0.131. The second kappa shape index (κ2) is 6.60. The molecule has 1 unspecified atom stereocenters. The third-order valence-electron chi connectivity index (χ3n) is 3.91. The van der Waals surface area contributed by atoms with Crippen LogP contribution >= 0.6 is 0 Å². The van der Waals surface area contributed by atoms with Crippen LogP contribution in [-0.4, -0.2) is 30.5 Å². The maximum Gasteiger partial charge on any atom is 0.219 e. The van der Waals surface area contributed by atoms with Gasteiger partial charge in [0.2, 0.25) is 5.91 Å². The molecule has 3 nitrogen and oxygen atoms in total. The van der Waals surface area contributed by atoms with Gasteiger partial charge in [-0.3, -0.25) is 4.79 Å². The predicted molar refractivity (Wildman–Crippen MR) is 76.3 cm³/mol. The van der Waals surface area contributed by atoms with E-state index in [9.17, 15) is 4.79 Å². The van der Waals surface area contributed by atoms with Crippen molar-refractivity contribution < 1.29 is 9.53 Å². The van der Waals surface area contributed by atoms with Gasteiger partial charge in [-0.25, -0.2) is 0 Å². The molecule has 1 heterocycles. The van der Waals surface area contributed by atoms with Crippen LogP contribution in [0.1, 0.15) is 38.2 Å². The second-order valence-electron chi connectivity index (χ2n) is 5.27. The van der Waals surface area contributed by atoms with Gasteiger partial charge in [-0.05, 0) is 37.0 Å². The van der Waals surface area contributed by atoms with Crippen molar-refractivity contribution in [3.05, 3.63) is 29.8 Å². The van der Waals surface area contributed by atoms with Gasteiger partial charge >= 0.3 is 0 Å². The summed E-state index contributed by atoms with van der Waals surface area (Å²) in [7, 11) is 1.68. The van der Waals surface area contributed by atoms with Gasteiger partial charge in [-0.15, -0.1) is 0 Å². The Hall–Kier alpha value is -1.51. The van der Waals surface area contributed by atoms with Crippen LogP contribution in [0.15, 0.2) is 24.3 Å². The molecule has 3 heteroatoms. The van der Waals surface area contributed by atoms with Gasteiger partial charge in [0.25, 0.3) is 0 Å². The Morgan fingerprint density at radius 3 is 2.63 bits per heavy atom. The molecule has 0 aliphatic carbocycles. The fourth-order valence-corrected chi connectivity index (χ4v) is 2.84. The SMILES string of the molecule is COc1ccc(CC2CCCCCN2C(C)=O)cc1. The number of ether oxygens (including phenoxy) is 1. The second-order valence-corrected chi connectivity index (χ2v) is 5.27. The molecular weight excluding hydrogens is 238 g/mol. The molecule has 1 aromatic carbocycles. The van der Waals surface area contributed by atoms with Crippen LogP contribution in [0.4, 0.5) is 0 Å². The fraction of sp³-hybridized carbons (Fsp3) is 0.562. The molecule has 0 spiro atoms. The van der Waals surface area contributed by atoms with Crippen LogP contribution in [-0.2, 0) is 11.2 Å². The molecule has 2 rings (SSSR count). The molecule has 1 amide bonds. The summed E-state index contributed by atoms with van der Waals surface area (Å²) >= 11 is 0. The molecule has 1 saturated heterocycles. The van der Waals surface area contributed by atoms with E-state index in [1.54, 1.807) is 14.0 Å². The average Bonchev–Trinajstić information content (AvgIpc) is 2.65. The van der Waals surface area contributed by atoms with Gasteiger partial charge in [0.15, 0.2) is 0 Å². The highest BCUT2D eigenvalue weighted by molar-refractivity contribution is 5.73. The molecule has 0 bridgehead atoms. The van der Waals surface area contributed by atoms with Crippen LogP contribution in [0.5, 0.6) is 5.75 Å². The number of nitrogens with zero attached hydrogens (tertiary/aromatic N) is 1. The number of carbonyl (C=O) groups is 1. The highest BCUT2D eigenvalue weighted by atomic mass is 16.5. The summed E-state index contributed by atoms with van der Waals surface area (Å²) < 4.78 is 5.17. The standard InChI is InChI=1S/C16H23NO2/c1-13(18)17-11-5-3-4-6-15(17)12-14-7-9-16(19-2)10-8-14/h7-10,15H,3-6,11-12H2,1-2H3. The molecule has 1 atom stereocenters. The summed E-state index contributed by atoms with van der Waals surface area (Å²) in [5, 5.41) is 0. The first-order valence-corrected chi connectivity index (χ1v) is 7.11. The van der Waals surface area contributed by atoms with Crippen LogP contribution in [0.3, 0.4) is 0 Å². The van der Waals surface area contributed by atoms with Crippen molar-refractivity contribution in [3.63, 3.8) is 0 Å². The minimum absolute atomic E-state index is 0.209. The molecule has 104 valence electrons. The minimum Gasteiger partial charge on any atom is -0.497 e. The minimum atomic E-state index is 0.209. The average molecular weight is 261 g/mol. The van der Waals surface area contributed by atoms with Crippen molar-refractivity contribution in [3.8, 4) is 5.75 Å². The smallest absolute Gasteiger partial charge is 0.219 e. The van der Waals surface area contributed by atoms with Crippen molar-refractivity contribution in [2.24, 2.45) is 0 Å². The normalized spacial score (nSPS) is 19.9. The monoisotopic (exact) mass is 261 g/mol. The van der Waals surface area contributed by atoms with E-state index in [2.05, 4.69) is 17.0 Å². The molecule has 0 radical (unpaired) electrons. The molecule has 1 aliphatic rings. The summed E-state index contributed by atoms with van der Waals surface area (Å²) in [5.41, 5.74) is 1.28. The Morgan fingerprint density at radius 1 is 1.26 bits per heavy atom. The van der Waals surface area contributed by atoms with Crippen LogP contribution in [0.2, 0.25) is 0 Å². The van der Waals surface area contributed by atoms with E-state index in [1.165, 1.54) is 18.4 Å². The van der Waals surface area contributed by atoms with E-state index in [1.807, 2.05) is 12.1 Å². The number of carbonyl (C=O) groups excluding carboxylic acids is 1. The van der Waals surface area contributed by atoms with E-state index in [-0.39, 0.29) is 5.91 Å². The summed E-state index contributed by atoms with van der Waals surface area (Å²) in [6.07, 6.45) is 5.67. The first kappa shape index (κ1) is 13.9. The van der Waals surface area contributed by atoms with Gasteiger partial charge in [-0.2, -0.15) is 0 Å². The van der Waals surface area contributed by atoms with Crippen molar-refractivity contribution in [1.82, 2.24) is 4.90 Å². The zero-order valence-electron chi connectivity index (χ0n) is 11.9. The zero-order valence-corrected chi connectivity index (χ0v) is 11.9. The highest BCUT2D eigenvalue weighted by Gasteiger charge is 2.23. The zero-order chi connectivity index (χ0) is 13.7. The summed E-state index contributed by atoms with van der Waals surface area (Å²) in [5.74, 6) is 1.09. The lowest BCUT2D eigenvalue weighted by Crippen LogP contribution is -2.39. The van der Waals surface area contributed by atoms with Gasteiger partial charge < -0.3 is 9.64 Å². The Balaban J connectivity index is 2.06. The van der Waals surface area contributed by atoms with E-state index in [0.29, 0.717) is 6.04 Å². The van der Waals surface area contributed by atoms with Gasteiger partial charge in [0.05, 0.1) is 7.11 Å². The first-order valence-electron chi connectivity index (χ1n) is 7.11. The molecule has 0 saturated carbocycles. The van der Waals surface area contributed by atoms with Crippen molar-refractivity contribution in [2.75, 3.05) is 13.7 Å². The number of benzene rings is 1. The van der Waals surface area contributed by atoms with Crippen LogP contribution in [0, 0.1) is 0 Å². The molecule has 0 aromatic heterocycles. The molecule has 1 aliphatic heterocycles. The summed E-state index contributed by atoms with van der Waals surface area (Å²) in [6, 6.07) is 8.53. The lowest BCUT2D eigenvalue weighted by Gasteiger charge is -2.29.